The Morgan fingerprint density at radius 3 is 2.64 bits per heavy atom. The lowest BCUT2D eigenvalue weighted by Gasteiger charge is -2.26. The van der Waals surface area contributed by atoms with Gasteiger partial charge >= 0.3 is 0 Å². The summed E-state index contributed by atoms with van der Waals surface area (Å²) in [6.45, 7) is 4.26. The summed E-state index contributed by atoms with van der Waals surface area (Å²) in [6, 6.07) is 8.97. The van der Waals surface area contributed by atoms with Crippen molar-refractivity contribution in [2.75, 3.05) is 37.8 Å². The molecule has 1 saturated heterocycles. The van der Waals surface area contributed by atoms with Crippen LogP contribution in [0.25, 0.3) is 0 Å². The third-order valence-corrected chi connectivity index (χ3v) is 5.76. The van der Waals surface area contributed by atoms with E-state index in [1.54, 1.807) is 6.20 Å². The van der Waals surface area contributed by atoms with Crippen molar-refractivity contribution in [3.8, 4) is 11.8 Å². The van der Waals surface area contributed by atoms with Crippen molar-refractivity contribution < 1.29 is 0 Å². The number of benzene rings is 1. The van der Waals surface area contributed by atoms with E-state index in [1.165, 1.54) is 18.7 Å². The summed E-state index contributed by atoms with van der Waals surface area (Å²) < 4.78 is 0.911. The molecule has 0 radical (unpaired) electrons. The number of hydrogen-bond donors (Lipinski definition) is 1. The minimum absolute atomic E-state index is 0.451. The lowest BCUT2D eigenvalue weighted by molar-refractivity contribution is 0.409. The van der Waals surface area contributed by atoms with Crippen molar-refractivity contribution >= 4 is 27.4 Å². The van der Waals surface area contributed by atoms with Crippen LogP contribution in [-0.4, -0.2) is 43.1 Å². The van der Waals surface area contributed by atoms with Gasteiger partial charge in [-0.05, 0) is 72.7 Å². The van der Waals surface area contributed by atoms with Crippen molar-refractivity contribution in [2.45, 2.75) is 19.4 Å². The lowest BCUT2D eigenvalue weighted by Crippen LogP contribution is -2.33. The molecule has 1 unspecified atom stereocenters. The number of aryl methyl sites for hydroxylation is 1. The fraction of sp³-hybridized carbons (Fsp3) is 0.350. The Kier molecular flexibility index (Phi) is 5.31. The van der Waals surface area contributed by atoms with E-state index in [9.17, 15) is 0 Å². The largest absolute Gasteiger partial charge is 0.383 e. The molecule has 1 atom stereocenters. The molecule has 0 amide bonds. The van der Waals surface area contributed by atoms with Crippen molar-refractivity contribution in [2.24, 2.45) is 0 Å². The van der Waals surface area contributed by atoms with E-state index in [2.05, 4.69) is 80.9 Å². The highest BCUT2D eigenvalue weighted by Gasteiger charge is 2.23. The van der Waals surface area contributed by atoms with E-state index >= 15 is 0 Å². The molecule has 1 aliphatic heterocycles. The number of anilines is 2. The Labute approximate surface area is 158 Å². The van der Waals surface area contributed by atoms with Gasteiger partial charge in [0, 0.05) is 41.6 Å². The molecular weight excluding hydrogens is 376 g/mol. The minimum Gasteiger partial charge on any atom is -0.383 e. The smallest absolute Gasteiger partial charge is 0.140 e. The van der Waals surface area contributed by atoms with Crippen LogP contribution in [0.2, 0.25) is 0 Å². The number of likely N-dealkylation sites (N-methyl/N-ethyl adjacent to an activating group) is 2. The van der Waals surface area contributed by atoms with Gasteiger partial charge in [-0.25, -0.2) is 4.98 Å². The molecule has 0 spiro atoms. The fourth-order valence-corrected chi connectivity index (χ4v) is 3.47. The maximum Gasteiger partial charge on any atom is 0.140 e. The quantitative estimate of drug-likeness (QED) is 0.788. The first-order valence-corrected chi connectivity index (χ1v) is 9.19. The SMILES string of the molecule is Cc1cnc(N)c(C#Cc2ccc(N(C)C3CCN(C)C3)cc2)c1Br. The number of hydrogen-bond acceptors (Lipinski definition) is 4. The Balaban J connectivity index is 1.77. The van der Waals surface area contributed by atoms with Crippen LogP contribution >= 0.6 is 15.9 Å². The molecule has 2 N–H and O–H groups in total. The molecule has 2 heterocycles. The normalized spacial score (nSPS) is 17.2. The van der Waals surface area contributed by atoms with Gasteiger partial charge in [0.15, 0.2) is 0 Å². The summed E-state index contributed by atoms with van der Waals surface area (Å²) in [7, 11) is 4.34. The molecule has 25 heavy (non-hydrogen) atoms. The number of pyridine rings is 1. The monoisotopic (exact) mass is 398 g/mol. The molecule has 0 bridgehead atoms. The van der Waals surface area contributed by atoms with E-state index < -0.39 is 0 Å². The third kappa shape index (κ3) is 3.97. The fourth-order valence-electron chi connectivity index (χ4n) is 3.07. The topological polar surface area (TPSA) is 45.4 Å². The van der Waals surface area contributed by atoms with Crippen LogP contribution in [0.5, 0.6) is 0 Å². The third-order valence-electron chi connectivity index (χ3n) is 4.74. The molecule has 5 heteroatoms. The number of likely N-dealkylation sites (tertiary alicyclic amines) is 1. The highest BCUT2D eigenvalue weighted by Crippen LogP contribution is 2.24. The number of nitrogens with two attached hydrogens (primary N) is 1. The highest BCUT2D eigenvalue weighted by molar-refractivity contribution is 9.10. The Hall–Kier alpha value is -2.03. The summed E-state index contributed by atoms with van der Waals surface area (Å²) in [5.74, 6) is 6.78. The molecule has 0 saturated carbocycles. The van der Waals surface area contributed by atoms with E-state index in [0.717, 1.165) is 27.7 Å². The molecule has 1 aliphatic rings. The van der Waals surface area contributed by atoms with Crippen molar-refractivity contribution in [3.63, 3.8) is 0 Å². The maximum absolute atomic E-state index is 5.95. The zero-order valence-corrected chi connectivity index (χ0v) is 16.5. The van der Waals surface area contributed by atoms with Gasteiger partial charge in [-0.15, -0.1) is 0 Å². The zero-order chi connectivity index (χ0) is 18.0. The Morgan fingerprint density at radius 2 is 2.00 bits per heavy atom. The lowest BCUT2D eigenvalue weighted by atomic mass is 10.1. The molecule has 1 fully saturated rings. The molecule has 3 rings (SSSR count). The van der Waals surface area contributed by atoms with Gasteiger partial charge in [0.25, 0.3) is 0 Å². The molecule has 1 aromatic heterocycles. The predicted molar refractivity (Wildman–Crippen MR) is 108 cm³/mol. The first-order chi connectivity index (χ1) is 12.0. The first kappa shape index (κ1) is 17.8. The van der Waals surface area contributed by atoms with Crippen LogP contribution in [0.15, 0.2) is 34.9 Å². The second kappa shape index (κ2) is 7.47. The van der Waals surface area contributed by atoms with E-state index in [-0.39, 0.29) is 0 Å². The summed E-state index contributed by atoms with van der Waals surface area (Å²) in [6.07, 6.45) is 2.96. The van der Waals surface area contributed by atoms with Crippen LogP contribution in [-0.2, 0) is 0 Å². The van der Waals surface area contributed by atoms with Gasteiger partial charge in [0.05, 0.1) is 5.56 Å². The van der Waals surface area contributed by atoms with Gasteiger partial charge in [0.1, 0.15) is 5.82 Å². The number of nitrogen functional groups attached to an aromatic ring is 1. The van der Waals surface area contributed by atoms with Crippen LogP contribution < -0.4 is 10.6 Å². The maximum atomic E-state index is 5.95. The average Bonchev–Trinajstić information content (AvgIpc) is 3.05. The zero-order valence-electron chi connectivity index (χ0n) is 14.9. The summed E-state index contributed by atoms with van der Waals surface area (Å²) in [5.41, 5.74) is 9.91. The van der Waals surface area contributed by atoms with Gasteiger partial charge in [0.2, 0.25) is 0 Å². The summed E-state index contributed by atoms with van der Waals surface area (Å²) >= 11 is 3.54. The Bertz CT molecular complexity index is 820. The van der Waals surface area contributed by atoms with Gasteiger partial charge in [-0.2, -0.15) is 0 Å². The van der Waals surface area contributed by atoms with Crippen molar-refractivity contribution in [3.05, 3.63) is 51.6 Å². The molecule has 1 aromatic carbocycles. The van der Waals surface area contributed by atoms with Crippen LogP contribution in [0, 0.1) is 18.8 Å². The van der Waals surface area contributed by atoms with Gasteiger partial charge < -0.3 is 15.5 Å². The number of nitrogens with zero attached hydrogens (tertiary/aromatic N) is 3. The van der Waals surface area contributed by atoms with Crippen LogP contribution in [0.3, 0.4) is 0 Å². The molecule has 130 valence electrons. The van der Waals surface area contributed by atoms with E-state index in [0.29, 0.717) is 11.9 Å². The number of aromatic nitrogens is 1. The minimum atomic E-state index is 0.451. The van der Waals surface area contributed by atoms with Crippen LogP contribution in [0.4, 0.5) is 11.5 Å². The first-order valence-electron chi connectivity index (χ1n) is 8.39. The van der Waals surface area contributed by atoms with E-state index in [4.69, 9.17) is 5.73 Å². The molecule has 0 aliphatic carbocycles. The second-order valence-electron chi connectivity index (χ2n) is 6.63. The molecule has 2 aromatic rings. The van der Waals surface area contributed by atoms with Crippen molar-refractivity contribution in [1.29, 1.82) is 0 Å². The molecule has 4 nitrogen and oxygen atoms in total. The van der Waals surface area contributed by atoms with Gasteiger partial charge in [-0.3, -0.25) is 0 Å². The predicted octanol–water partition coefficient (Wildman–Crippen LogP) is 3.27. The average molecular weight is 399 g/mol. The van der Waals surface area contributed by atoms with Crippen molar-refractivity contribution in [1.82, 2.24) is 9.88 Å². The summed E-state index contributed by atoms with van der Waals surface area (Å²) in [5, 5.41) is 0. The summed E-state index contributed by atoms with van der Waals surface area (Å²) in [4.78, 5) is 8.91. The standard InChI is InChI=1S/C20H23BrN4/c1-14-12-23-20(22)18(19(14)21)9-6-15-4-7-16(8-5-15)25(3)17-10-11-24(2)13-17/h4-5,7-8,12,17H,10-11,13H2,1-3H3,(H2,22,23). The second-order valence-corrected chi connectivity index (χ2v) is 7.42. The van der Waals surface area contributed by atoms with E-state index in [1.807, 2.05) is 6.92 Å². The van der Waals surface area contributed by atoms with Crippen LogP contribution in [0.1, 0.15) is 23.1 Å². The highest BCUT2D eigenvalue weighted by atomic mass is 79.9. The molecular formula is C20H23BrN4. The number of rotatable bonds is 2. The Morgan fingerprint density at radius 1 is 1.28 bits per heavy atom. The number of halogens is 1. The van der Waals surface area contributed by atoms with Gasteiger partial charge in [-0.1, -0.05) is 11.8 Å².